The van der Waals surface area contributed by atoms with Crippen molar-refractivity contribution in [3.05, 3.63) is 35.1 Å². The van der Waals surface area contributed by atoms with Crippen LogP contribution in [0.25, 0.3) is 11.0 Å². The highest BCUT2D eigenvalue weighted by Gasteiger charge is 2.25. The molecule has 92 valence electrons. The van der Waals surface area contributed by atoms with Gasteiger partial charge in [0.2, 0.25) is 0 Å². The molecule has 2 rings (SSSR count). The normalized spacial score (nSPS) is 12.3. The van der Waals surface area contributed by atoms with E-state index >= 15 is 0 Å². The number of furan rings is 1. The highest BCUT2D eigenvalue weighted by molar-refractivity contribution is 5.86. The van der Waals surface area contributed by atoms with Crippen molar-refractivity contribution in [1.29, 1.82) is 0 Å². The van der Waals surface area contributed by atoms with Gasteiger partial charge in [-0.05, 0) is 17.4 Å². The van der Waals surface area contributed by atoms with Crippen molar-refractivity contribution in [2.75, 3.05) is 0 Å². The first kappa shape index (κ1) is 12.2. The van der Waals surface area contributed by atoms with Crippen LogP contribution in [-0.2, 0) is 18.4 Å². The van der Waals surface area contributed by atoms with Crippen LogP contribution in [0.5, 0.6) is 0 Å². The Morgan fingerprint density at radius 1 is 1.24 bits per heavy atom. The number of fused-ring (bicyclic) bond motifs is 1. The van der Waals surface area contributed by atoms with Crippen molar-refractivity contribution in [2.24, 2.45) is 5.73 Å². The monoisotopic (exact) mass is 231 g/mol. The van der Waals surface area contributed by atoms with Crippen molar-refractivity contribution >= 4 is 11.0 Å². The van der Waals surface area contributed by atoms with Crippen LogP contribution in [-0.4, -0.2) is 0 Å². The van der Waals surface area contributed by atoms with Crippen molar-refractivity contribution in [1.82, 2.24) is 0 Å². The van der Waals surface area contributed by atoms with Gasteiger partial charge in [0.25, 0.3) is 0 Å². The maximum Gasteiger partial charge on any atom is 0.137 e. The van der Waals surface area contributed by atoms with Crippen LogP contribution < -0.4 is 5.73 Å². The molecule has 2 heteroatoms. The molecule has 0 amide bonds. The summed E-state index contributed by atoms with van der Waals surface area (Å²) in [5.74, 6) is 0.924. The molecular formula is C15H21NO. The summed E-state index contributed by atoms with van der Waals surface area (Å²) in [5.41, 5.74) is 9.40. The molecule has 2 N–H and O–H groups in total. The van der Waals surface area contributed by atoms with Crippen LogP contribution in [0.15, 0.2) is 22.6 Å². The fraction of sp³-hybridized carbons (Fsp3) is 0.467. The topological polar surface area (TPSA) is 39.2 Å². The van der Waals surface area contributed by atoms with Crippen molar-refractivity contribution in [3.8, 4) is 0 Å². The van der Waals surface area contributed by atoms with Gasteiger partial charge in [0.1, 0.15) is 11.3 Å². The maximum absolute atomic E-state index is 5.97. The average molecular weight is 231 g/mol. The summed E-state index contributed by atoms with van der Waals surface area (Å²) in [5, 5.41) is 1.22. The molecule has 0 bridgehead atoms. The van der Waals surface area contributed by atoms with Crippen molar-refractivity contribution in [3.63, 3.8) is 0 Å². The van der Waals surface area contributed by atoms with Gasteiger partial charge in [-0.3, -0.25) is 0 Å². The van der Waals surface area contributed by atoms with Gasteiger partial charge >= 0.3 is 0 Å². The number of hydrogen-bond acceptors (Lipinski definition) is 2. The summed E-state index contributed by atoms with van der Waals surface area (Å²) >= 11 is 0. The molecule has 2 nitrogen and oxygen atoms in total. The number of rotatable bonds is 2. The van der Waals surface area contributed by atoms with E-state index in [1.807, 2.05) is 0 Å². The molecule has 0 radical (unpaired) electrons. The maximum atomic E-state index is 5.97. The van der Waals surface area contributed by atoms with E-state index in [1.54, 1.807) is 0 Å². The Morgan fingerprint density at radius 3 is 2.47 bits per heavy atom. The van der Waals surface area contributed by atoms with Gasteiger partial charge in [-0.15, -0.1) is 0 Å². The lowest BCUT2D eigenvalue weighted by atomic mass is 9.84. The third-order valence-corrected chi connectivity index (χ3v) is 3.19. The van der Waals surface area contributed by atoms with E-state index in [0.717, 1.165) is 17.8 Å². The summed E-state index contributed by atoms with van der Waals surface area (Å²) in [6.45, 7) is 9.22. The Bertz CT molecular complexity index is 532. The average Bonchev–Trinajstić information content (AvgIpc) is 2.66. The van der Waals surface area contributed by atoms with Gasteiger partial charge in [-0.2, -0.15) is 0 Å². The number of para-hydroxylation sites is 1. The molecule has 0 atom stereocenters. The molecule has 0 spiro atoms. The molecular weight excluding hydrogens is 210 g/mol. The minimum absolute atomic E-state index is 0.0618. The molecule has 1 aromatic carbocycles. The van der Waals surface area contributed by atoms with Crippen LogP contribution in [0.4, 0.5) is 0 Å². The van der Waals surface area contributed by atoms with Crippen LogP contribution >= 0.6 is 0 Å². The third kappa shape index (κ3) is 1.98. The van der Waals surface area contributed by atoms with Gasteiger partial charge in [-0.25, -0.2) is 0 Å². The van der Waals surface area contributed by atoms with Crippen LogP contribution in [0.2, 0.25) is 0 Å². The first-order chi connectivity index (χ1) is 7.99. The molecule has 0 unspecified atom stereocenters. The third-order valence-electron chi connectivity index (χ3n) is 3.19. The molecule has 0 aliphatic carbocycles. The second kappa shape index (κ2) is 4.19. The highest BCUT2D eigenvalue weighted by atomic mass is 16.3. The molecule has 0 aliphatic rings. The van der Waals surface area contributed by atoms with Crippen molar-refractivity contribution in [2.45, 2.75) is 46.1 Å². The van der Waals surface area contributed by atoms with Gasteiger partial charge < -0.3 is 10.2 Å². The lowest BCUT2D eigenvalue weighted by Gasteiger charge is -2.18. The van der Waals surface area contributed by atoms with E-state index in [-0.39, 0.29) is 5.41 Å². The van der Waals surface area contributed by atoms with Crippen molar-refractivity contribution < 1.29 is 4.42 Å². The highest BCUT2D eigenvalue weighted by Crippen LogP contribution is 2.36. The minimum atomic E-state index is 0.0618. The predicted octanol–water partition coefficient (Wildman–Crippen LogP) is 3.75. The van der Waals surface area contributed by atoms with Crippen LogP contribution in [0.1, 0.15) is 44.6 Å². The fourth-order valence-corrected chi connectivity index (χ4v) is 2.47. The Kier molecular flexibility index (Phi) is 3.00. The van der Waals surface area contributed by atoms with E-state index in [0.29, 0.717) is 6.54 Å². The molecule has 1 aromatic heterocycles. The lowest BCUT2D eigenvalue weighted by Crippen LogP contribution is -2.14. The van der Waals surface area contributed by atoms with E-state index in [1.165, 1.54) is 16.5 Å². The van der Waals surface area contributed by atoms with Crippen LogP contribution in [0, 0.1) is 0 Å². The van der Waals surface area contributed by atoms with E-state index in [2.05, 4.69) is 45.9 Å². The van der Waals surface area contributed by atoms with Gasteiger partial charge in [0.05, 0.1) is 6.54 Å². The smallest absolute Gasteiger partial charge is 0.137 e. The summed E-state index contributed by atoms with van der Waals surface area (Å²) in [4.78, 5) is 0. The van der Waals surface area contributed by atoms with E-state index in [9.17, 15) is 0 Å². The summed E-state index contributed by atoms with van der Waals surface area (Å²) < 4.78 is 5.97. The van der Waals surface area contributed by atoms with Crippen LogP contribution in [0.3, 0.4) is 0 Å². The molecule has 2 aromatic rings. The molecule has 0 saturated carbocycles. The number of hydrogen-bond donors (Lipinski definition) is 1. The number of nitrogens with two attached hydrogens (primary N) is 1. The number of benzene rings is 1. The molecule has 0 saturated heterocycles. The zero-order chi connectivity index (χ0) is 12.6. The van der Waals surface area contributed by atoms with Gasteiger partial charge in [0.15, 0.2) is 0 Å². The summed E-state index contributed by atoms with van der Waals surface area (Å²) in [6, 6.07) is 6.36. The first-order valence-electron chi connectivity index (χ1n) is 6.22. The zero-order valence-corrected chi connectivity index (χ0v) is 11.1. The number of aryl methyl sites for hydroxylation is 1. The summed E-state index contributed by atoms with van der Waals surface area (Å²) in [7, 11) is 0. The second-order valence-corrected chi connectivity index (χ2v) is 5.50. The van der Waals surface area contributed by atoms with E-state index < -0.39 is 0 Å². The Morgan fingerprint density at radius 2 is 1.94 bits per heavy atom. The largest absolute Gasteiger partial charge is 0.459 e. The molecule has 0 fully saturated rings. The Labute approximate surface area is 103 Å². The quantitative estimate of drug-likeness (QED) is 0.855. The standard InChI is InChI=1S/C15H21NO/c1-5-10-7-6-8-11-13(15(2,3)4)12(9-16)17-14(10)11/h6-8H,5,9,16H2,1-4H3. The molecule has 0 aliphatic heterocycles. The predicted molar refractivity (Wildman–Crippen MR) is 72.2 cm³/mol. The van der Waals surface area contributed by atoms with Gasteiger partial charge in [-0.1, -0.05) is 45.9 Å². The minimum Gasteiger partial charge on any atom is -0.459 e. The summed E-state index contributed by atoms with van der Waals surface area (Å²) in [6.07, 6.45) is 0.985. The fourth-order valence-electron chi connectivity index (χ4n) is 2.47. The van der Waals surface area contributed by atoms with E-state index in [4.69, 9.17) is 10.2 Å². The van der Waals surface area contributed by atoms with Gasteiger partial charge in [0, 0.05) is 10.9 Å². The zero-order valence-electron chi connectivity index (χ0n) is 11.1. The SMILES string of the molecule is CCc1cccc2c(C(C)(C)C)c(CN)oc12. The molecule has 17 heavy (non-hydrogen) atoms. The molecule has 1 heterocycles. The second-order valence-electron chi connectivity index (χ2n) is 5.50. The Hall–Kier alpha value is -1.28. The Balaban J connectivity index is 2.81. The first-order valence-corrected chi connectivity index (χ1v) is 6.22. The lowest BCUT2D eigenvalue weighted by molar-refractivity contribution is 0.509.